The van der Waals surface area contributed by atoms with Gasteiger partial charge < -0.3 is 14.0 Å². The lowest BCUT2D eigenvalue weighted by atomic mass is 9.82. The maximum Gasteiger partial charge on any atom is 0.525 e. The van der Waals surface area contributed by atoms with Gasteiger partial charge in [0.05, 0.1) is 17.8 Å². The third-order valence-corrected chi connectivity index (χ3v) is 5.18. The average molecular weight is 453 g/mol. The highest BCUT2D eigenvalue weighted by Crippen LogP contribution is 2.40. The van der Waals surface area contributed by atoms with Gasteiger partial charge in [-0.2, -0.15) is 13.2 Å². The molecule has 3 nitrogen and oxygen atoms in total. The van der Waals surface area contributed by atoms with Crippen molar-refractivity contribution in [1.29, 1.82) is 0 Å². The van der Waals surface area contributed by atoms with E-state index in [4.69, 9.17) is 9.31 Å². The fraction of sp³-hybridized carbons (Fsp3) is 0.556. The molecule has 0 aromatic heterocycles. The lowest BCUT2D eigenvalue weighted by molar-refractivity contribution is -0.173. The molecule has 1 fully saturated rings. The van der Waals surface area contributed by atoms with Crippen LogP contribution in [-0.2, 0) is 14.0 Å². The van der Waals surface area contributed by atoms with E-state index in [-0.39, 0.29) is 18.6 Å². The zero-order chi connectivity index (χ0) is 20.5. The molecule has 0 atom stereocenters. The van der Waals surface area contributed by atoms with Crippen molar-refractivity contribution in [2.45, 2.75) is 51.5 Å². The van der Waals surface area contributed by atoms with Crippen molar-refractivity contribution in [3.63, 3.8) is 0 Å². The second-order valence-electron chi connectivity index (χ2n) is 7.34. The van der Waals surface area contributed by atoms with E-state index in [0.29, 0.717) is 5.56 Å². The minimum absolute atomic E-state index is 0.0531. The molecule has 1 aromatic rings. The first-order valence-corrected chi connectivity index (χ1v) is 9.26. The minimum atomic E-state index is -4.43. The van der Waals surface area contributed by atoms with Crippen molar-refractivity contribution in [2.24, 2.45) is 0 Å². The van der Waals surface area contributed by atoms with Crippen LogP contribution in [0.5, 0.6) is 0 Å². The Labute approximate surface area is 165 Å². The number of ether oxygens (including phenoxy) is 1. The maximum absolute atomic E-state index is 15.3. The second-order valence-corrected chi connectivity index (χ2v) is 8.26. The van der Waals surface area contributed by atoms with E-state index in [1.165, 1.54) is 0 Å². The third kappa shape index (κ3) is 5.79. The summed E-state index contributed by atoms with van der Waals surface area (Å²) in [6.45, 7) is 5.53. The Morgan fingerprint density at radius 1 is 1.15 bits per heavy atom. The first-order chi connectivity index (χ1) is 12.3. The normalized spacial score (nSPS) is 20.0. The molecular weight excluding hydrogens is 431 g/mol. The first kappa shape index (κ1) is 22.4. The molecule has 0 bridgehead atoms. The van der Waals surface area contributed by atoms with Crippen LogP contribution < -0.4 is 0 Å². The van der Waals surface area contributed by atoms with Crippen molar-refractivity contribution in [3.05, 3.63) is 40.0 Å². The largest absolute Gasteiger partial charge is 0.525 e. The van der Waals surface area contributed by atoms with E-state index in [1.807, 2.05) is 0 Å². The molecule has 1 aromatic carbocycles. The van der Waals surface area contributed by atoms with Gasteiger partial charge in [0.2, 0.25) is 0 Å². The second kappa shape index (κ2) is 8.23. The van der Waals surface area contributed by atoms with E-state index in [1.54, 1.807) is 52.0 Å². The van der Waals surface area contributed by atoms with E-state index in [2.05, 4.69) is 20.7 Å². The van der Waals surface area contributed by atoms with Crippen LogP contribution in [-0.4, -0.2) is 37.7 Å². The molecule has 1 aliphatic rings. The van der Waals surface area contributed by atoms with Gasteiger partial charge in [-0.1, -0.05) is 28.1 Å². The van der Waals surface area contributed by atoms with Crippen LogP contribution in [0.25, 0.3) is 5.57 Å². The van der Waals surface area contributed by atoms with Crippen LogP contribution in [0.4, 0.5) is 17.6 Å². The number of alkyl halides is 3. The molecule has 0 radical (unpaired) electrons. The highest BCUT2D eigenvalue weighted by atomic mass is 79.9. The summed E-state index contributed by atoms with van der Waals surface area (Å²) in [6, 6.07) is 6.85. The molecule has 27 heavy (non-hydrogen) atoms. The predicted molar refractivity (Wildman–Crippen MR) is 99.7 cm³/mol. The van der Waals surface area contributed by atoms with Crippen LogP contribution in [0.15, 0.2) is 34.5 Å². The molecule has 1 heterocycles. The van der Waals surface area contributed by atoms with Gasteiger partial charge in [0.15, 0.2) is 0 Å². The van der Waals surface area contributed by atoms with Crippen LogP contribution >= 0.6 is 15.9 Å². The fourth-order valence-electron chi connectivity index (χ4n) is 2.53. The standard InChI is InChI=1S/C18H22BBrF4O3/c1-16(2)17(3,4)27-19(26-16)15(21)14(8-9-25-11-18(22,23)24)12-6-5-7-13(20)10-12/h5-7,10H,8-9,11H2,1-4H3. The third-order valence-electron chi connectivity index (χ3n) is 4.68. The molecule has 2 rings (SSSR count). The van der Waals surface area contributed by atoms with Crippen LogP contribution in [0, 0.1) is 0 Å². The van der Waals surface area contributed by atoms with Crippen molar-refractivity contribution in [1.82, 2.24) is 0 Å². The highest BCUT2D eigenvalue weighted by Gasteiger charge is 2.53. The molecule has 150 valence electrons. The Kier molecular flexibility index (Phi) is 6.82. The minimum Gasteiger partial charge on any atom is -0.398 e. The number of hydrogen-bond donors (Lipinski definition) is 0. The summed E-state index contributed by atoms with van der Waals surface area (Å²) in [7, 11) is -1.23. The van der Waals surface area contributed by atoms with Gasteiger partial charge in [0, 0.05) is 4.47 Å². The van der Waals surface area contributed by atoms with Crippen molar-refractivity contribution < 1.29 is 31.6 Å². The van der Waals surface area contributed by atoms with Gasteiger partial charge in [0.1, 0.15) is 12.3 Å². The molecule has 1 aliphatic heterocycles. The summed E-state index contributed by atoms with van der Waals surface area (Å²) >= 11 is 3.32. The number of benzene rings is 1. The Hall–Kier alpha value is -0.895. The molecule has 0 saturated carbocycles. The molecule has 9 heteroatoms. The summed E-state index contributed by atoms with van der Waals surface area (Å²) < 4.78 is 68.9. The first-order valence-electron chi connectivity index (χ1n) is 8.47. The summed E-state index contributed by atoms with van der Waals surface area (Å²) in [6.07, 6.45) is -4.48. The highest BCUT2D eigenvalue weighted by molar-refractivity contribution is 9.10. The Morgan fingerprint density at radius 2 is 1.74 bits per heavy atom. The van der Waals surface area contributed by atoms with Gasteiger partial charge in [-0.3, -0.25) is 0 Å². The number of rotatable bonds is 6. The summed E-state index contributed by atoms with van der Waals surface area (Å²) in [5.41, 5.74) is -1.42. The van der Waals surface area contributed by atoms with Crippen LogP contribution in [0.2, 0.25) is 0 Å². The molecule has 0 amide bonds. The van der Waals surface area contributed by atoms with Crippen molar-refractivity contribution >= 4 is 28.6 Å². The number of hydrogen-bond acceptors (Lipinski definition) is 3. The SMILES string of the molecule is CC1(C)OB(C(F)=C(CCOCC(F)(F)F)c2cccc(Br)c2)OC1(C)C. The molecule has 0 unspecified atom stereocenters. The lowest BCUT2D eigenvalue weighted by Gasteiger charge is -2.32. The Balaban J connectivity index is 2.27. The van der Waals surface area contributed by atoms with E-state index < -0.39 is 36.8 Å². The topological polar surface area (TPSA) is 27.7 Å². The lowest BCUT2D eigenvalue weighted by Crippen LogP contribution is -2.41. The maximum atomic E-state index is 15.3. The smallest absolute Gasteiger partial charge is 0.398 e. The number of halogens is 5. The van der Waals surface area contributed by atoms with Crippen molar-refractivity contribution in [3.8, 4) is 0 Å². The van der Waals surface area contributed by atoms with E-state index in [0.717, 1.165) is 4.47 Å². The van der Waals surface area contributed by atoms with Crippen LogP contribution in [0.1, 0.15) is 39.7 Å². The van der Waals surface area contributed by atoms with Gasteiger partial charge in [-0.15, -0.1) is 0 Å². The Morgan fingerprint density at radius 3 is 2.26 bits per heavy atom. The van der Waals surface area contributed by atoms with E-state index in [9.17, 15) is 13.2 Å². The monoisotopic (exact) mass is 452 g/mol. The molecule has 0 aliphatic carbocycles. The van der Waals surface area contributed by atoms with E-state index >= 15 is 4.39 Å². The summed E-state index contributed by atoms with van der Waals surface area (Å²) in [5.74, 6) is 0. The molecule has 0 spiro atoms. The van der Waals surface area contributed by atoms with Gasteiger partial charge in [-0.25, -0.2) is 4.39 Å². The summed E-state index contributed by atoms with van der Waals surface area (Å²) in [4.78, 5) is 0. The van der Waals surface area contributed by atoms with Gasteiger partial charge >= 0.3 is 13.3 Å². The van der Waals surface area contributed by atoms with Crippen LogP contribution in [0.3, 0.4) is 0 Å². The predicted octanol–water partition coefficient (Wildman–Crippen LogP) is 5.73. The van der Waals surface area contributed by atoms with Gasteiger partial charge in [0.25, 0.3) is 0 Å². The molecular formula is C18H22BBrF4O3. The molecule has 1 saturated heterocycles. The Bertz CT molecular complexity index is 688. The zero-order valence-electron chi connectivity index (χ0n) is 15.6. The zero-order valence-corrected chi connectivity index (χ0v) is 17.2. The quantitative estimate of drug-likeness (QED) is 0.313. The summed E-state index contributed by atoms with van der Waals surface area (Å²) in [5, 5.41) is 0. The fourth-order valence-corrected chi connectivity index (χ4v) is 2.93. The van der Waals surface area contributed by atoms with Crippen molar-refractivity contribution in [2.75, 3.05) is 13.2 Å². The van der Waals surface area contributed by atoms with Gasteiger partial charge in [-0.05, 0) is 57.4 Å². The average Bonchev–Trinajstić information content (AvgIpc) is 2.74. The molecule has 0 N–H and O–H groups in total.